The average molecular weight is 270 g/mol. The fraction of sp³-hybridized carbons (Fsp3) is 0.500. The van der Waals surface area contributed by atoms with Gasteiger partial charge in [0.25, 0.3) is 0 Å². The summed E-state index contributed by atoms with van der Waals surface area (Å²) >= 11 is 3.36. The number of hydrogen-bond donors (Lipinski definition) is 1. The lowest BCUT2D eigenvalue weighted by atomic mass is 10.1. The Morgan fingerprint density at radius 1 is 1.27 bits per heavy atom. The van der Waals surface area contributed by atoms with E-state index in [4.69, 9.17) is 0 Å². The van der Waals surface area contributed by atoms with Gasteiger partial charge in [0, 0.05) is 16.6 Å². The van der Waals surface area contributed by atoms with Gasteiger partial charge >= 0.3 is 0 Å². The predicted molar refractivity (Wildman–Crippen MR) is 61.3 cm³/mol. The largest absolute Gasteiger partial charge is 0.307 e. The molecular formula is C12H13BrFN. The molecule has 1 unspecified atom stereocenters. The first kappa shape index (κ1) is 9.79. The number of fused-ring (bicyclic) bond motifs is 1. The molecule has 3 rings (SSSR count). The molecule has 80 valence electrons. The molecule has 0 saturated heterocycles. The Hall–Kier alpha value is -0.410. The maximum atomic E-state index is 13.6. The van der Waals surface area contributed by atoms with Crippen molar-refractivity contribution >= 4 is 15.9 Å². The van der Waals surface area contributed by atoms with Gasteiger partial charge in [-0.15, -0.1) is 0 Å². The van der Waals surface area contributed by atoms with Crippen LogP contribution in [0, 0.1) is 5.82 Å². The maximum absolute atomic E-state index is 13.6. The molecule has 2 aliphatic carbocycles. The molecule has 0 aromatic heterocycles. The van der Waals surface area contributed by atoms with E-state index < -0.39 is 0 Å². The summed E-state index contributed by atoms with van der Waals surface area (Å²) in [7, 11) is 0. The third-order valence-electron chi connectivity index (χ3n) is 3.27. The zero-order valence-corrected chi connectivity index (χ0v) is 9.98. The molecule has 1 atom stereocenters. The van der Waals surface area contributed by atoms with Crippen LogP contribution in [0.4, 0.5) is 4.39 Å². The first-order chi connectivity index (χ1) is 7.24. The Morgan fingerprint density at radius 2 is 2.07 bits per heavy atom. The standard InChI is InChI=1S/C12H13BrFN/c13-7-5-10-9(11(14)6-7)3-4-12(10)15-8-1-2-8/h5-6,8,12,15H,1-4H2. The zero-order chi connectivity index (χ0) is 10.4. The van der Waals surface area contributed by atoms with Crippen LogP contribution in [0.5, 0.6) is 0 Å². The molecule has 3 heteroatoms. The van der Waals surface area contributed by atoms with E-state index in [1.165, 1.54) is 12.8 Å². The van der Waals surface area contributed by atoms with Gasteiger partial charge in [0.05, 0.1) is 0 Å². The third kappa shape index (κ3) is 1.83. The highest BCUT2D eigenvalue weighted by atomic mass is 79.9. The second-order valence-corrected chi connectivity index (χ2v) is 5.40. The molecule has 0 radical (unpaired) electrons. The maximum Gasteiger partial charge on any atom is 0.127 e. The summed E-state index contributed by atoms with van der Waals surface area (Å²) in [6.45, 7) is 0. The number of benzene rings is 1. The van der Waals surface area contributed by atoms with Crippen LogP contribution in [0.2, 0.25) is 0 Å². The van der Waals surface area contributed by atoms with Gasteiger partial charge < -0.3 is 5.32 Å². The van der Waals surface area contributed by atoms with Crippen molar-refractivity contribution in [3.63, 3.8) is 0 Å². The molecule has 0 heterocycles. The van der Waals surface area contributed by atoms with Crippen molar-refractivity contribution in [2.45, 2.75) is 37.8 Å². The lowest BCUT2D eigenvalue weighted by Gasteiger charge is -2.13. The second kappa shape index (κ2) is 3.56. The Kier molecular flexibility index (Phi) is 2.33. The van der Waals surface area contributed by atoms with Crippen LogP contribution >= 0.6 is 15.9 Å². The summed E-state index contributed by atoms with van der Waals surface area (Å²) in [5.41, 5.74) is 2.07. The fourth-order valence-corrected chi connectivity index (χ4v) is 2.80. The van der Waals surface area contributed by atoms with E-state index in [0.29, 0.717) is 12.1 Å². The van der Waals surface area contributed by atoms with Gasteiger partial charge in [0.2, 0.25) is 0 Å². The quantitative estimate of drug-likeness (QED) is 0.869. The summed E-state index contributed by atoms with van der Waals surface area (Å²) in [5.74, 6) is -0.0560. The fourth-order valence-electron chi connectivity index (χ4n) is 2.35. The zero-order valence-electron chi connectivity index (χ0n) is 8.39. The van der Waals surface area contributed by atoms with Crippen molar-refractivity contribution in [3.05, 3.63) is 33.5 Å². The van der Waals surface area contributed by atoms with E-state index in [1.54, 1.807) is 6.07 Å². The molecule has 1 fully saturated rings. The lowest BCUT2D eigenvalue weighted by molar-refractivity contribution is 0.527. The summed E-state index contributed by atoms with van der Waals surface area (Å²) in [5, 5.41) is 3.58. The first-order valence-corrected chi connectivity index (χ1v) is 6.27. The van der Waals surface area contributed by atoms with Crippen molar-refractivity contribution < 1.29 is 4.39 Å². The molecule has 15 heavy (non-hydrogen) atoms. The van der Waals surface area contributed by atoms with E-state index in [2.05, 4.69) is 27.3 Å². The minimum Gasteiger partial charge on any atom is -0.307 e. The minimum atomic E-state index is -0.0560. The van der Waals surface area contributed by atoms with Crippen LogP contribution in [0.15, 0.2) is 16.6 Å². The van der Waals surface area contributed by atoms with Gasteiger partial charge in [-0.3, -0.25) is 0 Å². The third-order valence-corrected chi connectivity index (χ3v) is 3.73. The summed E-state index contributed by atoms with van der Waals surface area (Å²) in [6, 6.07) is 4.69. The van der Waals surface area contributed by atoms with Gasteiger partial charge in [0.15, 0.2) is 0 Å². The average Bonchev–Trinajstić information content (AvgIpc) is 2.89. The lowest BCUT2D eigenvalue weighted by Crippen LogP contribution is -2.21. The summed E-state index contributed by atoms with van der Waals surface area (Å²) in [4.78, 5) is 0. The molecule has 0 aliphatic heterocycles. The van der Waals surface area contributed by atoms with Crippen LogP contribution < -0.4 is 5.32 Å². The van der Waals surface area contributed by atoms with E-state index in [9.17, 15) is 4.39 Å². The molecule has 1 aromatic rings. The van der Waals surface area contributed by atoms with Gasteiger partial charge in [-0.2, -0.15) is 0 Å². The van der Waals surface area contributed by atoms with Crippen molar-refractivity contribution in [2.75, 3.05) is 0 Å². The van der Waals surface area contributed by atoms with Gasteiger partial charge in [-0.25, -0.2) is 4.39 Å². The normalized spacial score (nSPS) is 24.3. The Labute approximate surface area is 97.2 Å². The molecule has 1 N–H and O–H groups in total. The van der Waals surface area contributed by atoms with E-state index in [1.807, 2.05) is 0 Å². The highest BCUT2D eigenvalue weighted by molar-refractivity contribution is 9.10. The number of halogens is 2. The molecule has 0 spiro atoms. The summed E-state index contributed by atoms with van der Waals surface area (Å²) < 4.78 is 14.5. The molecule has 1 saturated carbocycles. The minimum absolute atomic E-state index is 0.0560. The van der Waals surface area contributed by atoms with E-state index in [-0.39, 0.29) is 5.82 Å². The first-order valence-electron chi connectivity index (χ1n) is 5.48. The van der Waals surface area contributed by atoms with Gasteiger partial charge in [-0.05, 0) is 48.9 Å². The van der Waals surface area contributed by atoms with Crippen LogP contribution in [-0.2, 0) is 6.42 Å². The smallest absolute Gasteiger partial charge is 0.127 e. The van der Waals surface area contributed by atoms with Crippen molar-refractivity contribution in [2.24, 2.45) is 0 Å². The van der Waals surface area contributed by atoms with E-state index >= 15 is 0 Å². The SMILES string of the molecule is Fc1cc(Br)cc2c1CCC2NC1CC1. The molecule has 1 aromatic carbocycles. The van der Waals surface area contributed by atoms with Crippen LogP contribution in [-0.4, -0.2) is 6.04 Å². The molecule has 0 bridgehead atoms. The van der Waals surface area contributed by atoms with Gasteiger partial charge in [-0.1, -0.05) is 15.9 Å². The summed E-state index contributed by atoms with van der Waals surface area (Å²) in [6.07, 6.45) is 4.47. The Morgan fingerprint density at radius 3 is 2.80 bits per heavy atom. The number of hydrogen-bond acceptors (Lipinski definition) is 1. The second-order valence-electron chi connectivity index (χ2n) is 4.49. The van der Waals surface area contributed by atoms with Gasteiger partial charge in [0.1, 0.15) is 5.82 Å². The van der Waals surface area contributed by atoms with Crippen molar-refractivity contribution in [1.29, 1.82) is 0 Å². The number of nitrogens with one attached hydrogen (secondary N) is 1. The number of rotatable bonds is 2. The van der Waals surface area contributed by atoms with E-state index in [0.717, 1.165) is 28.4 Å². The highest BCUT2D eigenvalue weighted by Crippen LogP contribution is 2.37. The topological polar surface area (TPSA) is 12.0 Å². The monoisotopic (exact) mass is 269 g/mol. The van der Waals surface area contributed by atoms with Crippen LogP contribution in [0.1, 0.15) is 36.4 Å². The van der Waals surface area contributed by atoms with Crippen molar-refractivity contribution in [3.8, 4) is 0 Å². The molecular weight excluding hydrogens is 257 g/mol. The predicted octanol–water partition coefficient (Wildman–Crippen LogP) is 3.33. The Balaban J connectivity index is 1.93. The highest BCUT2D eigenvalue weighted by Gasteiger charge is 2.30. The molecule has 0 amide bonds. The molecule has 1 nitrogen and oxygen atoms in total. The van der Waals surface area contributed by atoms with Crippen LogP contribution in [0.3, 0.4) is 0 Å². The molecule has 2 aliphatic rings. The van der Waals surface area contributed by atoms with Crippen LogP contribution in [0.25, 0.3) is 0 Å². The Bertz CT molecular complexity index is 401. The van der Waals surface area contributed by atoms with Crippen molar-refractivity contribution in [1.82, 2.24) is 5.32 Å².